The van der Waals surface area contributed by atoms with Gasteiger partial charge in [-0.3, -0.25) is 4.79 Å². The largest absolute Gasteiger partial charge is 0.340 e. The van der Waals surface area contributed by atoms with E-state index in [-0.39, 0.29) is 5.56 Å². The molecule has 0 amide bonds. The molecule has 0 spiro atoms. The maximum absolute atomic E-state index is 11.4. The van der Waals surface area contributed by atoms with Crippen molar-refractivity contribution in [1.82, 2.24) is 34.5 Å². The second-order valence-corrected chi connectivity index (χ2v) is 6.45. The second-order valence-electron chi connectivity index (χ2n) is 6.45. The summed E-state index contributed by atoms with van der Waals surface area (Å²) in [6.07, 6.45) is 3.67. The van der Waals surface area contributed by atoms with Crippen molar-refractivity contribution in [2.45, 2.75) is 6.54 Å². The van der Waals surface area contributed by atoms with Gasteiger partial charge in [0.05, 0.1) is 18.6 Å². The lowest BCUT2D eigenvalue weighted by Crippen LogP contribution is -2.05. The Bertz CT molecular complexity index is 1350. The van der Waals surface area contributed by atoms with Crippen molar-refractivity contribution >= 4 is 22.1 Å². The highest BCUT2D eigenvalue weighted by Crippen LogP contribution is 2.19. The summed E-state index contributed by atoms with van der Waals surface area (Å²) in [6, 6.07) is 13.0. The molecule has 8 heteroatoms. The van der Waals surface area contributed by atoms with Crippen LogP contribution >= 0.6 is 0 Å². The first-order chi connectivity index (χ1) is 13.2. The molecule has 1 N–H and O–H groups in total. The number of H-pyrrole nitrogens is 1. The molecular weight excluding hydrogens is 342 g/mol. The molecular formula is C19H15N7O. The number of fused-ring (bicyclic) bond motifs is 2. The highest BCUT2D eigenvalue weighted by atomic mass is 16.1. The van der Waals surface area contributed by atoms with Gasteiger partial charge in [0.2, 0.25) is 5.56 Å². The van der Waals surface area contributed by atoms with Gasteiger partial charge in [0.15, 0.2) is 5.65 Å². The van der Waals surface area contributed by atoms with Crippen molar-refractivity contribution in [1.29, 1.82) is 0 Å². The smallest absolute Gasteiger partial charge is 0.248 e. The average molecular weight is 357 g/mol. The molecule has 1 aromatic carbocycles. The molecule has 0 saturated heterocycles. The molecule has 4 aromatic heterocycles. The number of nitrogens with one attached hydrogen (secondary N) is 1. The molecule has 0 aliphatic heterocycles. The topological polar surface area (TPSA) is 94.3 Å². The summed E-state index contributed by atoms with van der Waals surface area (Å²) in [4.78, 5) is 23.3. The van der Waals surface area contributed by atoms with Gasteiger partial charge in [-0.1, -0.05) is 11.3 Å². The molecule has 8 nitrogen and oxygen atoms in total. The number of pyridine rings is 2. The van der Waals surface area contributed by atoms with Crippen LogP contribution in [-0.4, -0.2) is 34.5 Å². The Labute approximate surface area is 153 Å². The molecule has 0 aliphatic rings. The Morgan fingerprint density at radius 3 is 2.85 bits per heavy atom. The van der Waals surface area contributed by atoms with Crippen LogP contribution in [0.25, 0.3) is 33.5 Å². The minimum absolute atomic E-state index is 0.108. The molecule has 0 atom stereocenters. The van der Waals surface area contributed by atoms with Gasteiger partial charge in [0.1, 0.15) is 11.2 Å². The van der Waals surface area contributed by atoms with Gasteiger partial charge in [-0.2, -0.15) is 0 Å². The summed E-state index contributed by atoms with van der Waals surface area (Å²) in [5.41, 5.74) is 4.78. The highest BCUT2D eigenvalue weighted by Gasteiger charge is 2.10. The van der Waals surface area contributed by atoms with Crippen LogP contribution in [-0.2, 0) is 13.6 Å². The summed E-state index contributed by atoms with van der Waals surface area (Å²) < 4.78 is 3.66. The second kappa shape index (κ2) is 5.87. The predicted octanol–water partition coefficient (Wildman–Crippen LogP) is 2.12. The van der Waals surface area contributed by atoms with Gasteiger partial charge >= 0.3 is 0 Å². The Morgan fingerprint density at radius 2 is 2.00 bits per heavy atom. The Morgan fingerprint density at radius 1 is 1.07 bits per heavy atom. The van der Waals surface area contributed by atoms with Crippen LogP contribution in [0, 0.1) is 0 Å². The van der Waals surface area contributed by atoms with Crippen molar-refractivity contribution in [2.24, 2.45) is 7.05 Å². The van der Waals surface area contributed by atoms with Crippen LogP contribution in [0.4, 0.5) is 0 Å². The number of rotatable bonds is 3. The van der Waals surface area contributed by atoms with Crippen molar-refractivity contribution in [2.75, 3.05) is 0 Å². The summed E-state index contributed by atoms with van der Waals surface area (Å²) in [5, 5.41) is 9.42. The van der Waals surface area contributed by atoms with E-state index in [0.29, 0.717) is 12.2 Å². The fourth-order valence-electron chi connectivity index (χ4n) is 3.12. The molecule has 5 aromatic rings. The Hall–Kier alpha value is -3.81. The quantitative estimate of drug-likeness (QED) is 0.534. The zero-order chi connectivity index (χ0) is 18.4. The number of hydrogen-bond donors (Lipinski definition) is 1. The molecule has 0 aliphatic carbocycles. The van der Waals surface area contributed by atoms with Crippen LogP contribution in [0.5, 0.6) is 0 Å². The molecule has 4 heterocycles. The average Bonchev–Trinajstić information content (AvgIpc) is 3.28. The summed E-state index contributed by atoms with van der Waals surface area (Å²) in [6.45, 7) is 0.532. The van der Waals surface area contributed by atoms with Crippen molar-refractivity contribution in [3.8, 4) is 11.4 Å². The van der Waals surface area contributed by atoms with Gasteiger partial charge in [-0.25, -0.2) is 14.6 Å². The monoisotopic (exact) mass is 357 g/mol. The van der Waals surface area contributed by atoms with Crippen molar-refractivity contribution in [3.05, 3.63) is 70.9 Å². The van der Waals surface area contributed by atoms with E-state index in [1.165, 1.54) is 6.07 Å². The third-order valence-corrected chi connectivity index (χ3v) is 4.45. The van der Waals surface area contributed by atoms with Crippen LogP contribution in [0.1, 0.15) is 5.56 Å². The minimum atomic E-state index is -0.108. The molecule has 0 saturated carbocycles. The van der Waals surface area contributed by atoms with Crippen LogP contribution < -0.4 is 5.56 Å². The fraction of sp³-hybridized carbons (Fsp3) is 0.105. The normalized spacial score (nSPS) is 11.4. The fourth-order valence-corrected chi connectivity index (χ4v) is 3.12. The van der Waals surface area contributed by atoms with Gasteiger partial charge in [-0.05, 0) is 41.3 Å². The zero-order valence-electron chi connectivity index (χ0n) is 14.5. The maximum Gasteiger partial charge on any atom is 0.248 e. The van der Waals surface area contributed by atoms with E-state index >= 15 is 0 Å². The first-order valence-corrected chi connectivity index (χ1v) is 8.46. The van der Waals surface area contributed by atoms with Crippen molar-refractivity contribution < 1.29 is 0 Å². The van der Waals surface area contributed by atoms with Crippen LogP contribution in [0.15, 0.2) is 59.8 Å². The lowest BCUT2D eigenvalue weighted by atomic mass is 10.1. The van der Waals surface area contributed by atoms with E-state index in [4.69, 9.17) is 4.98 Å². The summed E-state index contributed by atoms with van der Waals surface area (Å²) >= 11 is 0. The Balaban J connectivity index is 1.54. The summed E-state index contributed by atoms with van der Waals surface area (Å²) in [7, 11) is 1.92. The van der Waals surface area contributed by atoms with E-state index < -0.39 is 0 Å². The SMILES string of the molecule is Cn1cnc(-c2ccc3nnn(Cc4ccc5[nH]c(=O)ccc5c4)c3n2)c1. The highest BCUT2D eigenvalue weighted by molar-refractivity contribution is 5.79. The van der Waals surface area contributed by atoms with Crippen molar-refractivity contribution in [3.63, 3.8) is 0 Å². The Kier molecular flexibility index (Phi) is 3.36. The van der Waals surface area contributed by atoms with Crippen LogP contribution in [0.2, 0.25) is 0 Å². The zero-order valence-corrected chi connectivity index (χ0v) is 14.5. The standard InChI is InChI=1S/C19H15N7O/c1-25-10-17(20-11-25)15-5-6-16-19(22-15)26(24-23-16)9-12-2-4-14-13(8-12)3-7-18(27)21-14/h2-8,10-11H,9H2,1H3,(H,21,27). The van der Waals surface area contributed by atoms with Crippen LogP contribution in [0.3, 0.4) is 0 Å². The lowest BCUT2D eigenvalue weighted by Gasteiger charge is -2.05. The number of imidazole rings is 1. The molecule has 27 heavy (non-hydrogen) atoms. The number of aromatic nitrogens is 7. The number of nitrogens with zero attached hydrogens (tertiary/aromatic N) is 6. The third kappa shape index (κ3) is 2.77. The van der Waals surface area contributed by atoms with Gasteiger partial charge in [0.25, 0.3) is 0 Å². The van der Waals surface area contributed by atoms with E-state index in [1.54, 1.807) is 11.0 Å². The number of aryl methyl sites for hydroxylation is 1. The molecule has 132 valence electrons. The molecule has 5 rings (SSSR count). The maximum atomic E-state index is 11.4. The first-order valence-electron chi connectivity index (χ1n) is 8.46. The van der Waals surface area contributed by atoms with E-state index in [1.807, 2.05) is 54.2 Å². The first kappa shape index (κ1) is 15.4. The summed E-state index contributed by atoms with van der Waals surface area (Å²) in [5.74, 6) is 0. The third-order valence-electron chi connectivity index (χ3n) is 4.45. The minimum Gasteiger partial charge on any atom is -0.340 e. The van der Waals surface area contributed by atoms with Gasteiger partial charge < -0.3 is 9.55 Å². The number of aromatic amines is 1. The van der Waals surface area contributed by atoms with Gasteiger partial charge in [-0.15, -0.1) is 5.10 Å². The molecule has 0 radical (unpaired) electrons. The number of hydrogen-bond acceptors (Lipinski definition) is 5. The van der Waals surface area contributed by atoms with Gasteiger partial charge in [0, 0.05) is 24.8 Å². The molecule has 0 fully saturated rings. The predicted molar refractivity (Wildman–Crippen MR) is 101 cm³/mol. The van der Waals surface area contributed by atoms with E-state index in [0.717, 1.165) is 33.4 Å². The number of benzene rings is 1. The van der Waals surface area contributed by atoms with E-state index in [2.05, 4.69) is 20.3 Å². The molecule has 0 bridgehead atoms. The lowest BCUT2D eigenvalue weighted by molar-refractivity contribution is 0.664. The van der Waals surface area contributed by atoms with E-state index in [9.17, 15) is 4.79 Å². The molecule has 0 unspecified atom stereocenters.